The molecule has 0 unspecified atom stereocenters. The molecule has 222 valence electrons. The zero-order valence-corrected chi connectivity index (χ0v) is 25.5. The van der Waals surface area contributed by atoms with Crippen molar-refractivity contribution in [2.24, 2.45) is 0 Å². The summed E-state index contributed by atoms with van der Waals surface area (Å²) in [4.78, 5) is 36.8. The van der Waals surface area contributed by atoms with Crippen LogP contribution in [0.25, 0.3) is 0 Å². The van der Waals surface area contributed by atoms with Gasteiger partial charge in [-0.15, -0.1) is 0 Å². The standard InChI is InChI=1S/C36H46N4O2/c1-4-5-15-25-39-29-40(32-20-13-8-14-21-32)35(33(39)41)22-26-38(27-23-35)28-24-36(34(42)37(2)3,30-16-9-6-10-17-30)31-18-11-7-12-19-31/h6-14,16-21H,4-5,15,22-29H2,1-3H3. The van der Waals surface area contributed by atoms with Crippen LogP contribution in [0.15, 0.2) is 91.0 Å². The maximum atomic E-state index is 14.1. The van der Waals surface area contributed by atoms with Crippen LogP contribution in [0.1, 0.15) is 56.6 Å². The molecule has 0 saturated carbocycles. The molecule has 2 fully saturated rings. The van der Waals surface area contributed by atoms with Gasteiger partial charge in [-0.3, -0.25) is 9.59 Å². The summed E-state index contributed by atoms with van der Waals surface area (Å²) in [5, 5.41) is 0. The van der Waals surface area contributed by atoms with Crippen LogP contribution in [0.4, 0.5) is 5.69 Å². The van der Waals surface area contributed by atoms with Gasteiger partial charge in [0, 0.05) is 39.4 Å². The summed E-state index contributed by atoms with van der Waals surface area (Å²) in [6.45, 7) is 6.12. The van der Waals surface area contributed by atoms with Gasteiger partial charge in [-0.25, -0.2) is 0 Å². The zero-order valence-electron chi connectivity index (χ0n) is 25.5. The molecule has 5 rings (SSSR count). The van der Waals surface area contributed by atoms with Crippen LogP contribution in [0.3, 0.4) is 0 Å². The highest BCUT2D eigenvalue weighted by Gasteiger charge is 2.53. The lowest BCUT2D eigenvalue weighted by Gasteiger charge is -2.44. The van der Waals surface area contributed by atoms with Crippen LogP contribution < -0.4 is 4.90 Å². The predicted octanol–water partition coefficient (Wildman–Crippen LogP) is 5.78. The molecule has 3 aromatic carbocycles. The number of likely N-dealkylation sites (tertiary alicyclic amines) is 1. The van der Waals surface area contributed by atoms with E-state index in [0.717, 1.165) is 75.1 Å². The average molecular weight is 567 g/mol. The number of carbonyl (C=O) groups is 2. The SMILES string of the molecule is CCCCCN1CN(c2ccccc2)C2(CCN(CCC(C(=O)N(C)C)(c3ccccc3)c3ccccc3)CC2)C1=O. The molecule has 42 heavy (non-hydrogen) atoms. The van der Waals surface area contributed by atoms with E-state index in [-0.39, 0.29) is 11.8 Å². The third-order valence-electron chi connectivity index (χ3n) is 9.40. The van der Waals surface area contributed by atoms with E-state index in [0.29, 0.717) is 13.1 Å². The number of carbonyl (C=O) groups excluding carboxylic acids is 2. The highest BCUT2D eigenvalue weighted by Crippen LogP contribution is 2.41. The lowest BCUT2D eigenvalue weighted by molar-refractivity contribution is -0.133. The first-order chi connectivity index (χ1) is 20.4. The van der Waals surface area contributed by atoms with E-state index in [1.165, 1.54) is 0 Å². The van der Waals surface area contributed by atoms with Gasteiger partial charge in [0.2, 0.25) is 11.8 Å². The Bertz CT molecular complexity index is 1260. The lowest BCUT2D eigenvalue weighted by atomic mass is 9.70. The van der Waals surface area contributed by atoms with Gasteiger partial charge in [0.15, 0.2) is 0 Å². The van der Waals surface area contributed by atoms with Crippen molar-refractivity contribution < 1.29 is 9.59 Å². The van der Waals surface area contributed by atoms with Crippen LogP contribution in [-0.4, -0.2) is 79.0 Å². The summed E-state index contributed by atoms with van der Waals surface area (Å²) < 4.78 is 0. The summed E-state index contributed by atoms with van der Waals surface area (Å²) in [5.41, 5.74) is 1.89. The summed E-state index contributed by atoms with van der Waals surface area (Å²) in [6.07, 6.45) is 5.59. The van der Waals surface area contributed by atoms with E-state index in [4.69, 9.17) is 0 Å². The number of hydrogen-bond donors (Lipinski definition) is 0. The summed E-state index contributed by atoms with van der Waals surface area (Å²) in [5.74, 6) is 0.380. The number of piperidine rings is 1. The number of para-hydroxylation sites is 1. The molecule has 1 spiro atoms. The molecule has 6 nitrogen and oxygen atoms in total. The summed E-state index contributed by atoms with van der Waals surface area (Å²) >= 11 is 0. The molecule has 0 radical (unpaired) electrons. The fourth-order valence-electron chi connectivity index (χ4n) is 7.03. The van der Waals surface area contributed by atoms with Crippen molar-refractivity contribution in [2.75, 3.05) is 51.8 Å². The third kappa shape index (κ3) is 5.69. The van der Waals surface area contributed by atoms with Gasteiger partial charge in [0.25, 0.3) is 0 Å². The van der Waals surface area contributed by atoms with Gasteiger partial charge in [0.05, 0.1) is 6.67 Å². The maximum Gasteiger partial charge on any atom is 0.250 e. The molecule has 0 aliphatic carbocycles. The van der Waals surface area contributed by atoms with Crippen LogP contribution in [-0.2, 0) is 15.0 Å². The Morgan fingerprint density at radius 3 is 1.88 bits per heavy atom. The summed E-state index contributed by atoms with van der Waals surface area (Å²) in [7, 11) is 3.70. The van der Waals surface area contributed by atoms with Gasteiger partial charge >= 0.3 is 0 Å². The number of benzene rings is 3. The quantitative estimate of drug-likeness (QED) is 0.276. The first-order valence-corrected chi connectivity index (χ1v) is 15.6. The second kappa shape index (κ2) is 13.1. The van der Waals surface area contributed by atoms with Crippen molar-refractivity contribution in [3.63, 3.8) is 0 Å². The molecule has 0 bridgehead atoms. The minimum Gasteiger partial charge on any atom is -0.348 e. The van der Waals surface area contributed by atoms with Gasteiger partial charge in [0.1, 0.15) is 11.0 Å². The molecule has 6 heteroatoms. The number of amides is 2. The Hall–Kier alpha value is -3.64. The molecular weight excluding hydrogens is 520 g/mol. The Balaban J connectivity index is 1.38. The largest absolute Gasteiger partial charge is 0.348 e. The molecule has 2 aliphatic heterocycles. The predicted molar refractivity (Wildman–Crippen MR) is 170 cm³/mol. The van der Waals surface area contributed by atoms with Crippen LogP contribution in [0.5, 0.6) is 0 Å². The first kappa shape index (κ1) is 29.8. The number of unbranched alkanes of at least 4 members (excludes halogenated alkanes) is 2. The maximum absolute atomic E-state index is 14.1. The fourth-order valence-corrected chi connectivity index (χ4v) is 7.03. The second-order valence-electron chi connectivity index (χ2n) is 12.1. The number of rotatable bonds is 11. The van der Waals surface area contributed by atoms with Crippen molar-refractivity contribution in [3.8, 4) is 0 Å². The number of likely N-dealkylation sites (N-methyl/N-ethyl adjacent to an activating group) is 1. The second-order valence-corrected chi connectivity index (χ2v) is 12.1. The normalized spacial score (nSPS) is 17.2. The Morgan fingerprint density at radius 1 is 0.810 bits per heavy atom. The van der Waals surface area contributed by atoms with Crippen molar-refractivity contribution in [1.29, 1.82) is 0 Å². The topological polar surface area (TPSA) is 47.1 Å². The molecule has 3 aromatic rings. The fraction of sp³-hybridized carbons (Fsp3) is 0.444. The minimum absolute atomic E-state index is 0.0947. The van der Waals surface area contributed by atoms with Gasteiger partial charge < -0.3 is 19.6 Å². The van der Waals surface area contributed by atoms with Gasteiger partial charge in [-0.05, 0) is 55.5 Å². The van der Waals surface area contributed by atoms with E-state index in [1.807, 2.05) is 56.6 Å². The van der Waals surface area contributed by atoms with Crippen molar-refractivity contribution in [1.82, 2.24) is 14.7 Å². The van der Waals surface area contributed by atoms with E-state index in [2.05, 4.69) is 70.2 Å². The molecule has 0 aromatic heterocycles. The van der Waals surface area contributed by atoms with Gasteiger partial charge in [-0.1, -0.05) is 98.6 Å². The highest BCUT2D eigenvalue weighted by atomic mass is 16.2. The molecule has 0 atom stereocenters. The minimum atomic E-state index is -0.781. The smallest absolute Gasteiger partial charge is 0.250 e. The van der Waals surface area contributed by atoms with Crippen LogP contribution in [0.2, 0.25) is 0 Å². The third-order valence-corrected chi connectivity index (χ3v) is 9.40. The summed E-state index contributed by atoms with van der Waals surface area (Å²) in [6, 6.07) is 30.9. The molecule has 2 amide bonds. The Labute approximate surface area is 251 Å². The van der Waals surface area contributed by atoms with Crippen molar-refractivity contribution in [3.05, 3.63) is 102 Å². The zero-order chi connectivity index (χ0) is 29.6. The lowest BCUT2D eigenvalue weighted by Crippen LogP contribution is -2.57. The first-order valence-electron chi connectivity index (χ1n) is 15.6. The van der Waals surface area contributed by atoms with E-state index >= 15 is 0 Å². The highest BCUT2D eigenvalue weighted by molar-refractivity contribution is 5.94. The molecule has 2 saturated heterocycles. The van der Waals surface area contributed by atoms with Crippen LogP contribution in [0, 0.1) is 0 Å². The van der Waals surface area contributed by atoms with Crippen LogP contribution >= 0.6 is 0 Å². The Kier molecular flexibility index (Phi) is 9.32. The van der Waals surface area contributed by atoms with E-state index < -0.39 is 11.0 Å². The number of anilines is 1. The Morgan fingerprint density at radius 2 is 1.36 bits per heavy atom. The molecule has 0 N–H and O–H groups in total. The molecule has 2 heterocycles. The average Bonchev–Trinajstić information content (AvgIpc) is 3.30. The molecular formula is C36H46N4O2. The number of hydrogen-bond acceptors (Lipinski definition) is 4. The van der Waals surface area contributed by atoms with E-state index in [9.17, 15) is 9.59 Å². The van der Waals surface area contributed by atoms with E-state index in [1.54, 1.807) is 4.90 Å². The van der Waals surface area contributed by atoms with Crippen molar-refractivity contribution in [2.45, 2.75) is 56.4 Å². The monoisotopic (exact) mass is 566 g/mol. The molecule has 2 aliphatic rings. The van der Waals surface area contributed by atoms with Gasteiger partial charge in [-0.2, -0.15) is 0 Å². The number of nitrogens with zero attached hydrogens (tertiary/aromatic N) is 4. The van der Waals surface area contributed by atoms with Crippen molar-refractivity contribution >= 4 is 17.5 Å².